The summed E-state index contributed by atoms with van der Waals surface area (Å²) in [5.41, 5.74) is -0.156. The van der Waals surface area contributed by atoms with E-state index in [4.69, 9.17) is 0 Å². The van der Waals surface area contributed by atoms with E-state index in [1.807, 2.05) is 4.90 Å². The van der Waals surface area contributed by atoms with Gasteiger partial charge < -0.3 is 4.90 Å². The van der Waals surface area contributed by atoms with Crippen LogP contribution in [-0.4, -0.2) is 54.9 Å². The number of hydrogen-bond donors (Lipinski definition) is 0. The smallest absolute Gasteiger partial charge is 0.179 e. The van der Waals surface area contributed by atoms with Crippen LogP contribution < -0.4 is 0 Å². The van der Waals surface area contributed by atoms with E-state index in [1.54, 1.807) is 0 Å². The molecule has 2 rings (SSSR count). The van der Waals surface area contributed by atoms with E-state index in [-0.39, 0.29) is 17.9 Å². The van der Waals surface area contributed by atoms with Gasteiger partial charge in [-0.2, -0.15) is 0 Å². The number of piperazine rings is 1. The molecule has 0 amide bonds. The highest BCUT2D eigenvalue weighted by molar-refractivity contribution is 5.97. The fourth-order valence-electron chi connectivity index (χ4n) is 2.59. The maximum absolute atomic E-state index is 13.6. The molecule has 1 aromatic rings. The summed E-state index contributed by atoms with van der Waals surface area (Å²) in [6.45, 7) is 4.70. The Hall–Kier alpha value is -1.33. The van der Waals surface area contributed by atoms with Crippen LogP contribution in [0.25, 0.3) is 0 Å². The summed E-state index contributed by atoms with van der Waals surface area (Å²) in [5.74, 6) is -1.60. The Morgan fingerprint density at radius 3 is 2.80 bits per heavy atom. The minimum Gasteiger partial charge on any atom is -0.301 e. The van der Waals surface area contributed by atoms with Gasteiger partial charge in [-0.3, -0.25) is 9.69 Å². The lowest BCUT2D eigenvalue weighted by Gasteiger charge is -2.38. The van der Waals surface area contributed by atoms with Gasteiger partial charge in [0.2, 0.25) is 0 Å². The first kappa shape index (κ1) is 15.1. The highest BCUT2D eigenvalue weighted by Crippen LogP contribution is 2.14. The zero-order valence-electron chi connectivity index (χ0n) is 11.9. The van der Waals surface area contributed by atoms with Crippen LogP contribution in [-0.2, 0) is 0 Å². The molecule has 0 aromatic heterocycles. The monoisotopic (exact) mass is 282 g/mol. The second-order valence-corrected chi connectivity index (χ2v) is 5.33. The lowest BCUT2D eigenvalue weighted by Crippen LogP contribution is -2.52. The molecule has 0 bridgehead atoms. The number of halogens is 2. The van der Waals surface area contributed by atoms with Crippen LogP contribution in [0.3, 0.4) is 0 Å². The van der Waals surface area contributed by atoms with Gasteiger partial charge in [-0.15, -0.1) is 0 Å². The number of ketones is 1. The molecule has 1 aromatic carbocycles. The maximum Gasteiger partial charge on any atom is 0.179 e. The Kier molecular flexibility index (Phi) is 4.83. The number of carbonyl (C=O) groups excluding carboxylic acids is 1. The molecule has 1 unspecified atom stereocenters. The average molecular weight is 282 g/mol. The van der Waals surface area contributed by atoms with Crippen LogP contribution in [0.15, 0.2) is 18.2 Å². The second-order valence-electron chi connectivity index (χ2n) is 5.33. The van der Waals surface area contributed by atoms with Crippen LogP contribution in [0.4, 0.5) is 8.78 Å². The van der Waals surface area contributed by atoms with Crippen molar-refractivity contribution in [1.29, 1.82) is 0 Å². The molecule has 5 heteroatoms. The van der Waals surface area contributed by atoms with Crippen LogP contribution >= 0.6 is 0 Å². The molecular formula is C15H20F2N2O. The van der Waals surface area contributed by atoms with Gasteiger partial charge in [-0.05, 0) is 31.7 Å². The zero-order valence-corrected chi connectivity index (χ0v) is 11.9. The van der Waals surface area contributed by atoms with Crippen molar-refractivity contribution >= 4 is 5.78 Å². The van der Waals surface area contributed by atoms with Crippen LogP contribution in [0.2, 0.25) is 0 Å². The van der Waals surface area contributed by atoms with E-state index in [9.17, 15) is 13.6 Å². The molecule has 3 nitrogen and oxygen atoms in total. The molecule has 20 heavy (non-hydrogen) atoms. The van der Waals surface area contributed by atoms with Gasteiger partial charge in [0, 0.05) is 25.7 Å². The lowest BCUT2D eigenvalue weighted by atomic mass is 10.1. The molecule has 1 aliphatic rings. The van der Waals surface area contributed by atoms with Crippen molar-refractivity contribution in [2.24, 2.45) is 0 Å². The number of benzene rings is 1. The van der Waals surface area contributed by atoms with Gasteiger partial charge >= 0.3 is 0 Å². The van der Waals surface area contributed by atoms with Gasteiger partial charge in [0.1, 0.15) is 11.6 Å². The number of nitrogens with zero attached hydrogens (tertiary/aromatic N) is 2. The first-order valence-electron chi connectivity index (χ1n) is 6.92. The molecule has 1 atom stereocenters. The summed E-state index contributed by atoms with van der Waals surface area (Å²) in [5, 5.41) is 0. The standard InChI is InChI=1S/C15H20F2N2O/c1-3-12-9-19(7-6-18(12)2)10-15(20)13-8-11(16)4-5-14(13)17/h4-5,8,12H,3,6-7,9-10H2,1-2H3. The van der Waals surface area contributed by atoms with Gasteiger partial charge in [-0.1, -0.05) is 6.92 Å². The Labute approximate surface area is 118 Å². The summed E-state index contributed by atoms with van der Waals surface area (Å²) in [4.78, 5) is 16.4. The lowest BCUT2D eigenvalue weighted by molar-refractivity contribution is 0.0739. The van der Waals surface area contributed by atoms with Crippen molar-refractivity contribution in [1.82, 2.24) is 9.80 Å². The van der Waals surface area contributed by atoms with Gasteiger partial charge in [0.05, 0.1) is 12.1 Å². The van der Waals surface area contributed by atoms with Gasteiger partial charge in [0.15, 0.2) is 5.78 Å². The van der Waals surface area contributed by atoms with E-state index >= 15 is 0 Å². The number of hydrogen-bond acceptors (Lipinski definition) is 3. The summed E-state index contributed by atoms with van der Waals surface area (Å²) < 4.78 is 26.7. The molecule has 1 saturated heterocycles. The number of likely N-dealkylation sites (N-methyl/N-ethyl adjacent to an activating group) is 1. The quantitative estimate of drug-likeness (QED) is 0.791. The third-order valence-corrected chi connectivity index (χ3v) is 3.93. The van der Waals surface area contributed by atoms with E-state index in [0.29, 0.717) is 6.04 Å². The molecule has 0 spiro atoms. The topological polar surface area (TPSA) is 23.6 Å². The first-order chi connectivity index (χ1) is 9.51. The number of carbonyl (C=O) groups is 1. The van der Waals surface area contributed by atoms with E-state index < -0.39 is 11.6 Å². The predicted octanol–water partition coefficient (Wildman–Crippen LogP) is 2.17. The molecule has 110 valence electrons. The molecule has 1 fully saturated rings. The largest absolute Gasteiger partial charge is 0.301 e. The second kappa shape index (κ2) is 6.41. The van der Waals surface area contributed by atoms with Crippen molar-refractivity contribution < 1.29 is 13.6 Å². The zero-order chi connectivity index (χ0) is 14.7. The Morgan fingerprint density at radius 1 is 1.35 bits per heavy atom. The van der Waals surface area contributed by atoms with Crippen molar-refractivity contribution in [3.8, 4) is 0 Å². The molecular weight excluding hydrogens is 262 g/mol. The Morgan fingerprint density at radius 2 is 2.10 bits per heavy atom. The summed E-state index contributed by atoms with van der Waals surface area (Å²) in [6.07, 6.45) is 1.01. The van der Waals surface area contributed by atoms with Crippen molar-refractivity contribution in [2.45, 2.75) is 19.4 Å². The normalized spacial score (nSPS) is 21.1. The van der Waals surface area contributed by atoms with Crippen LogP contribution in [0.1, 0.15) is 23.7 Å². The molecule has 1 aliphatic heterocycles. The van der Waals surface area contributed by atoms with Crippen molar-refractivity contribution in [2.75, 3.05) is 33.2 Å². The fourth-order valence-corrected chi connectivity index (χ4v) is 2.59. The highest BCUT2D eigenvalue weighted by atomic mass is 19.1. The van der Waals surface area contributed by atoms with Crippen molar-refractivity contribution in [3.05, 3.63) is 35.4 Å². The maximum atomic E-state index is 13.6. The summed E-state index contributed by atoms with van der Waals surface area (Å²) >= 11 is 0. The molecule has 0 saturated carbocycles. The summed E-state index contributed by atoms with van der Waals surface area (Å²) in [7, 11) is 2.07. The van der Waals surface area contributed by atoms with E-state index in [0.717, 1.165) is 44.3 Å². The number of rotatable bonds is 4. The van der Waals surface area contributed by atoms with Gasteiger partial charge in [0.25, 0.3) is 0 Å². The van der Waals surface area contributed by atoms with Gasteiger partial charge in [-0.25, -0.2) is 8.78 Å². The third-order valence-electron chi connectivity index (χ3n) is 3.93. The SMILES string of the molecule is CCC1CN(CC(=O)c2cc(F)ccc2F)CCN1C. The van der Waals surface area contributed by atoms with E-state index in [2.05, 4.69) is 18.9 Å². The molecule has 0 radical (unpaired) electrons. The molecule has 0 aliphatic carbocycles. The first-order valence-corrected chi connectivity index (χ1v) is 6.92. The predicted molar refractivity (Wildman–Crippen MR) is 73.8 cm³/mol. The minimum absolute atomic E-state index is 0.144. The Balaban J connectivity index is 2.03. The number of Topliss-reactive ketones (excluding diaryl/α,β-unsaturated/α-hetero) is 1. The van der Waals surface area contributed by atoms with Crippen molar-refractivity contribution in [3.63, 3.8) is 0 Å². The fraction of sp³-hybridized carbons (Fsp3) is 0.533. The van der Waals surface area contributed by atoms with Crippen LogP contribution in [0.5, 0.6) is 0 Å². The molecule has 1 heterocycles. The summed E-state index contributed by atoms with van der Waals surface area (Å²) in [6, 6.07) is 3.41. The van der Waals surface area contributed by atoms with E-state index in [1.165, 1.54) is 0 Å². The highest BCUT2D eigenvalue weighted by Gasteiger charge is 2.25. The third kappa shape index (κ3) is 3.41. The Bertz CT molecular complexity index is 493. The van der Waals surface area contributed by atoms with Crippen LogP contribution in [0, 0.1) is 11.6 Å². The average Bonchev–Trinajstić information content (AvgIpc) is 2.43. The molecule has 0 N–H and O–H groups in total. The minimum atomic E-state index is -0.655.